The molecule has 0 aliphatic carbocycles. The summed E-state index contributed by atoms with van der Waals surface area (Å²) in [5.41, 5.74) is 15.5. The molecule has 0 saturated carbocycles. The molecule has 0 aromatic heterocycles. The third-order valence-electron chi connectivity index (χ3n) is 7.95. The Labute approximate surface area is 286 Å². The average molecular weight is 803 g/mol. The van der Waals surface area contributed by atoms with Crippen LogP contribution in [-0.2, 0) is 0 Å². The molecule has 0 nitrogen and oxygen atoms in total. The minimum absolute atomic E-state index is 0.418. The third-order valence-corrected chi connectivity index (χ3v) is 13.5. The number of hydrogen-bond acceptors (Lipinski definition) is 2. The van der Waals surface area contributed by atoms with Crippen LogP contribution in [-0.4, -0.2) is 27.0 Å². The number of thioether (sulfide) groups is 2. The molecule has 0 unspecified atom stereocenters. The van der Waals surface area contributed by atoms with Crippen LogP contribution in [0, 0.1) is 27.7 Å². The van der Waals surface area contributed by atoms with Crippen LogP contribution in [0.25, 0.3) is 44.5 Å². The molecular formula is C41H37BiS2. The summed E-state index contributed by atoms with van der Waals surface area (Å²) in [7, 11) is 0. The summed E-state index contributed by atoms with van der Waals surface area (Å²) in [4.78, 5) is 2.73. The fraction of sp³-hybridized carbons (Fsp3) is 0.122. The van der Waals surface area contributed by atoms with Crippen LogP contribution in [0.15, 0.2) is 143 Å². The fourth-order valence-electron chi connectivity index (χ4n) is 5.43. The van der Waals surface area contributed by atoms with E-state index in [4.69, 9.17) is 0 Å². The second kappa shape index (κ2) is 13.9. The molecule has 3 heteroatoms. The molecule has 0 amide bonds. The van der Waals surface area contributed by atoms with Gasteiger partial charge in [0, 0.05) is 0 Å². The van der Waals surface area contributed by atoms with Gasteiger partial charge in [-0.1, -0.05) is 0 Å². The quantitative estimate of drug-likeness (QED) is 0.0854. The van der Waals surface area contributed by atoms with Gasteiger partial charge in [-0.3, -0.25) is 0 Å². The van der Waals surface area contributed by atoms with E-state index in [2.05, 4.69) is 161 Å². The standard InChI is InChI=1S/C41H35S2.Bi.2H/c1-28-11-19-32(20-12-28)36-7-5-8-37(33-21-13-29(2)14-22-33)40(36)42-27-43-41-38(34-23-15-30(3)16-24-34)9-6-10-39(41)35-25-17-31(4)18-26-35;;;/h5-27H,1-4H3;;;. The fourth-order valence-corrected chi connectivity index (χ4v) is 11.1. The molecule has 6 aromatic carbocycles. The van der Waals surface area contributed by atoms with Crippen LogP contribution in [0.4, 0.5) is 0 Å². The van der Waals surface area contributed by atoms with E-state index in [9.17, 15) is 0 Å². The Kier molecular flexibility index (Phi) is 9.77. The molecule has 6 aromatic rings. The molecule has 0 aliphatic heterocycles. The molecule has 0 N–H and O–H groups in total. The topological polar surface area (TPSA) is 0 Å². The number of benzene rings is 6. The van der Waals surface area contributed by atoms with Crippen molar-refractivity contribution in [2.45, 2.75) is 39.8 Å². The Bertz CT molecular complexity index is 1600. The Balaban J connectivity index is 1.44. The van der Waals surface area contributed by atoms with Gasteiger partial charge in [-0.05, 0) is 0 Å². The van der Waals surface area contributed by atoms with Crippen LogP contribution in [0.1, 0.15) is 22.3 Å². The molecule has 6 rings (SSSR count). The first-order valence-corrected chi connectivity index (χ1v) is 19.3. The second-order valence-corrected chi connectivity index (χ2v) is 20.4. The Morgan fingerprint density at radius 2 is 0.591 bits per heavy atom. The van der Waals surface area contributed by atoms with E-state index in [1.165, 1.54) is 76.6 Å². The van der Waals surface area contributed by atoms with Gasteiger partial charge in [-0.25, -0.2) is 0 Å². The minimum atomic E-state index is 0.418. The van der Waals surface area contributed by atoms with Crippen LogP contribution in [0.5, 0.6) is 0 Å². The van der Waals surface area contributed by atoms with E-state index in [-0.39, 0.29) is 0 Å². The van der Waals surface area contributed by atoms with Crippen molar-refractivity contribution in [1.82, 2.24) is 0 Å². The monoisotopic (exact) mass is 802 g/mol. The predicted molar refractivity (Wildman–Crippen MR) is 198 cm³/mol. The van der Waals surface area contributed by atoms with Crippen molar-refractivity contribution >= 4 is 48.2 Å². The first-order chi connectivity index (χ1) is 21.4. The summed E-state index contributed by atoms with van der Waals surface area (Å²) in [5, 5.41) is 0. The van der Waals surface area contributed by atoms with Crippen LogP contribution >= 0.6 is 23.5 Å². The van der Waals surface area contributed by atoms with Gasteiger partial charge in [0.05, 0.1) is 0 Å². The Morgan fingerprint density at radius 1 is 0.364 bits per heavy atom. The van der Waals surface area contributed by atoms with Gasteiger partial charge in [0.1, 0.15) is 0 Å². The first kappa shape index (κ1) is 30.9. The Hall–Kier alpha value is -3.10. The first-order valence-electron chi connectivity index (χ1n) is 15.0. The maximum absolute atomic E-state index is 2.30. The average Bonchev–Trinajstić information content (AvgIpc) is 3.03. The molecule has 0 bridgehead atoms. The Morgan fingerprint density at radius 3 is 0.818 bits per heavy atom. The van der Waals surface area contributed by atoms with Gasteiger partial charge in [0.15, 0.2) is 0 Å². The molecule has 0 fully saturated rings. The zero-order valence-electron chi connectivity index (χ0n) is 25.7. The summed E-state index contributed by atoms with van der Waals surface area (Å²) >= 11 is 4.83. The second-order valence-electron chi connectivity index (χ2n) is 11.4. The zero-order valence-corrected chi connectivity index (χ0v) is 31.8. The van der Waals surface area contributed by atoms with E-state index in [0.717, 1.165) is 24.7 Å². The SMILES string of the molecule is Cc1ccc(-c2cccc(-c3ccc(C)cc3)c2S[CH]([BiH2])Sc2c(-c3ccc(C)cc3)cccc2-c2ccc(C)cc2)cc1. The number of hydrogen-bond donors (Lipinski definition) is 0. The van der Waals surface area contributed by atoms with Gasteiger partial charge in [0.25, 0.3) is 0 Å². The van der Waals surface area contributed by atoms with Crippen molar-refractivity contribution in [1.29, 1.82) is 0 Å². The molecule has 218 valence electrons. The summed E-state index contributed by atoms with van der Waals surface area (Å²) in [6.07, 6.45) is 0. The summed E-state index contributed by atoms with van der Waals surface area (Å²) in [6, 6.07) is 49.6. The number of rotatable bonds is 8. The van der Waals surface area contributed by atoms with Crippen molar-refractivity contribution < 1.29 is 0 Å². The van der Waals surface area contributed by atoms with E-state index < -0.39 is 0 Å². The van der Waals surface area contributed by atoms with Crippen molar-refractivity contribution in [3.8, 4) is 44.5 Å². The van der Waals surface area contributed by atoms with Gasteiger partial charge >= 0.3 is 288 Å². The predicted octanol–water partition coefficient (Wildman–Crippen LogP) is 11.4. The molecule has 0 saturated heterocycles. The molecule has 0 radical (unpaired) electrons. The molecule has 0 heterocycles. The molecule has 0 spiro atoms. The van der Waals surface area contributed by atoms with Gasteiger partial charge in [0.2, 0.25) is 0 Å². The summed E-state index contributed by atoms with van der Waals surface area (Å²) in [6.45, 7) is 8.63. The van der Waals surface area contributed by atoms with Crippen molar-refractivity contribution in [2.24, 2.45) is 0 Å². The van der Waals surface area contributed by atoms with Crippen LogP contribution in [0.2, 0.25) is 0 Å². The van der Waals surface area contributed by atoms with Crippen LogP contribution < -0.4 is 0 Å². The normalized spacial score (nSPS) is 11.2. The molecule has 0 aliphatic rings. The molecule has 0 atom stereocenters. The van der Waals surface area contributed by atoms with E-state index in [0.29, 0.717) is 2.29 Å². The summed E-state index contributed by atoms with van der Waals surface area (Å²) in [5.74, 6) is 0. The zero-order chi connectivity index (χ0) is 30.6. The third kappa shape index (κ3) is 7.07. The van der Waals surface area contributed by atoms with Gasteiger partial charge in [-0.15, -0.1) is 0 Å². The van der Waals surface area contributed by atoms with Crippen LogP contribution in [0.3, 0.4) is 0 Å². The molecule has 44 heavy (non-hydrogen) atoms. The van der Waals surface area contributed by atoms with Gasteiger partial charge < -0.3 is 0 Å². The van der Waals surface area contributed by atoms with E-state index >= 15 is 0 Å². The maximum atomic E-state index is 2.30. The number of aryl methyl sites for hydroxylation is 4. The van der Waals surface area contributed by atoms with Crippen molar-refractivity contribution in [2.75, 3.05) is 0 Å². The van der Waals surface area contributed by atoms with E-state index in [1.54, 1.807) is 0 Å². The molecular weight excluding hydrogens is 766 g/mol. The van der Waals surface area contributed by atoms with Crippen molar-refractivity contribution in [3.05, 3.63) is 156 Å². The van der Waals surface area contributed by atoms with Crippen molar-refractivity contribution in [3.63, 3.8) is 0 Å². The van der Waals surface area contributed by atoms with Gasteiger partial charge in [-0.2, -0.15) is 0 Å². The summed E-state index contributed by atoms with van der Waals surface area (Å²) < 4.78 is 0.418. The van der Waals surface area contributed by atoms with E-state index in [1.807, 2.05) is 23.5 Å².